The molecule has 1 aromatic carbocycles. The van der Waals surface area contributed by atoms with Gasteiger partial charge in [0.25, 0.3) is 0 Å². The number of hydrogen-bond acceptors (Lipinski definition) is 4. The highest BCUT2D eigenvalue weighted by Gasteiger charge is 2.30. The maximum Gasteiger partial charge on any atom is 0.416 e. The molecule has 4 N–H and O–H groups in total. The van der Waals surface area contributed by atoms with Gasteiger partial charge in [0.1, 0.15) is 5.01 Å². The van der Waals surface area contributed by atoms with Gasteiger partial charge in [-0.1, -0.05) is 23.5 Å². The molecule has 108 valence electrons. The Morgan fingerprint density at radius 2 is 1.90 bits per heavy atom. The highest BCUT2D eigenvalue weighted by atomic mass is 35.5. The third kappa shape index (κ3) is 3.81. The number of aromatic nitrogens is 2. The van der Waals surface area contributed by atoms with E-state index in [2.05, 4.69) is 15.2 Å². The number of aliphatic imine (C=N–C) groups is 1. The lowest BCUT2D eigenvalue weighted by Gasteiger charge is -2.06. The van der Waals surface area contributed by atoms with Gasteiger partial charge in [0.2, 0.25) is 5.13 Å². The summed E-state index contributed by atoms with van der Waals surface area (Å²) in [7, 11) is 0. The predicted octanol–water partition coefficient (Wildman–Crippen LogP) is 2.55. The molecular weight excluding hydrogens is 315 g/mol. The van der Waals surface area contributed by atoms with Crippen LogP contribution in [-0.4, -0.2) is 16.2 Å². The molecule has 0 fully saturated rings. The molecule has 0 aliphatic rings. The van der Waals surface area contributed by atoms with Gasteiger partial charge in [-0.15, -0.1) is 22.6 Å². The number of benzene rings is 1. The number of nitrogens with zero attached hydrogens (tertiary/aromatic N) is 3. The lowest BCUT2D eigenvalue weighted by Crippen LogP contribution is -2.21. The van der Waals surface area contributed by atoms with E-state index in [-0.39, 0.29) is 23.5 Å². The minimum Gasteiger partial charge on any atom is -0.370 e. The Morgan fingerprint density at radius 1 is 1.20 bits per heavy atom. The lowest BCUT2D eigenvalue weighted by molar-refractivity contribution is -0.137. The molecule has 0 saturated heterocycles. The van der Waals surface area contributed by atoms with E-state index in [1.165, 1.54) is 12.1 Å². The number of alkyl halides is 3. The Kier molecular flexibility index (Phi) is 4.90. The van der Waals surface area contributed by atoms with E-state index in [1.807, 2.05) is 0 Å². The summed E-state index contributed by atoms with van der Waals surface area (Å²) < 4.78 is 37.7. The zero-order chi connectivity index (χ0) is 14.0. The van der Waals surface area contributed by atoms with Crippen molar-refractivity contribution in [1.82, 2.24) is 10.2 Å². The summed E-state index contributed by atoms with van der Waals surface area (Å²) >= 11 is 0.997. The number of guanidine groups is 1. The molecule has 10 heteroatoms. The second-order valence-electron chi connectivity index (χ2n) is 3.51. The fourth-order valence-corrected chi connectivity index (χ4v) is 2.05. The van der Waals surface area contributed by atoms with Crippen molar-refractivity contribution < 1.29 is 13.2 Å². The van der Waals surface area contributed by atoms with Gasteiger partial charge in [0, 0.05) is 5.56 Å². The number of nitrogens with two attached hydrogens (primary N) is 2. The fraction of sp³-hybridized carbons (Fsp3) is 0.100. The van der Waals surface area contributed by atoms with Crippen molar-refractivity contribution in [3.8, 4) is 10.6 Å². The topological polar surface area (TPSA) is 90.2 Å². The van der Waals surface area contributed by atoms with Crippen molar-refractivity contribution >= 4 is 34.8 Å². The van der Waals surface area contributed by atoms with Crippen LogP contribution in [-0.2, 0) is 6.18 Å². The molecule has 0 amide bonds. The van der Waals surface area contributed by atoms with Gasteiger partial charge < -0.3 is 11.5 Å². The molecule has 0 saturated carbocycles. The molecule has 2 aromatic rings. The van der Waals surface area contributed by atoms with Gasteiger partial charge in [0.05, 0.1) is 5.56 Å². The molecule has 20 heavy (non-hydrogen) atoms. The first-order valence-corrected chi connectivity index (χ1v) is 5.78. The Hall–Kier alpha value is -1.87. The molecule has 0 aliphatic heterocycles. The summed E-state index contributed by atoms with van der Waals surface area (Å²) in [5.41, 5.74) is 9.91. The largest absolute Gasteiger partial charge is 0.416 e. The van der Waals surface area contributed by atoms with Gasteiger partial charge in [-0.25, -0.2) is 0 Å². The van der Waals surface area contributed by atoms with Crippen LogP contribution in [0.3, 0.4) is 0 Å². The fourth-order valence-electron chi connectivity index (χ4n) is 1.32. The first kappa shape index (κ1) is 16.2. The highest BCUT2D eigenvalue weighted by Crippen LogP contribution is 2.34. The first-order valence-electron chi connectivity index (χ1n) is 4.97. The third-order valence-electron chi connectivity index (χ3n) is 2.08. The first-order chi connectivity index (χ1) is 8.86. The molecule has 0 radical (unpaired) electrons. The number of halogens is 4. The van der Waals surface area contributed by atoms with Crippen molar-refractivity contribution in [2.75, 3.05) is 0 Å². The van der Waals surface area contributed by atoms with Gasteiger partial charge in [-0.3, -0.25) is 0 Å². The number of hydrogen-bond donors (Lipinski definition) is 2. The average molecular weight is 324 g/mol. The Bertz CT molecular complexity index is 621. The molecule has 1 heterocycles. The second-order valence-corrected chi connectivity index (χ2v) is 4.46. The zero-order valence-corrected chi connectivity index (χ0v) is 11.4. The molecule has 0 atom stereocenters. The van der Waals surface area contributed by atoms with Crippen LogP contribution in [0.25, 0.3) is 10.6 Å². The van der Waals surface area contributed by atoms with E-state index < -0.39 is 11.7 Å². The average Bonchev–Trinajstić information content (AvgIpc) is 2.76. The lowest BCUT2D eigenvalue weighted by atomic mass is 10.1. The summed E-state index contributed by atoms with van der Waals surface area (Å²) in [4.78, 5) is 3.67. The van der Waals surface area contributed by atoms with Gasteiger partial charge >= 0.3 is 6.18 Å². The predicted molar refractivity (Wildman–Crippen MR) is 73.1 cm³/mol. The maximum absolute atomic E-state index is 12.6. The van der Waals surface area contributed by atoms with E-state index in [4.69, 9.17) is 11.5 Å². The zero-order valence-electron chi connectivity index (χ0n) is 9.76. The molecular formula is C10H9ClF3N5S. The van der Waals surface area contributed by atoms with Crippen molar-refractivity contribution in [3.05, 3.63) is 29.8 Å². The van der Waals surface area contributed by atoms with Crippen molar-refractivity contribution in [1.29, 1.82) is 0 Å². The third-order valence-corrected chi connectivity index (χ3v) is 2.94. The minimum absolute atomic E-state index is 0. The van der Waals surface area contributed by atoms with E-state index in [1.54, 1.807) is 0 Å². The normalized spacial score (nSPS) is 10.8. The molecule has 2 rings (SSSR count). The molecule has 5 nitrogen and oxygen atoms in total. The van der Waals surface area contributed by atoms with Crippen LogP contribution >= 0.6 is 23.7 Å². The van der Waals surface area contributed by atoms with Gasteiger partial charge in [0.15, 0.2) is 5.96 Å². The monoisotopic (exact) mass is 323 g/mol. The van der Waals surface area contributed by atoms with Crippen LogP contribution in [0.2, 0.25) is 0 Å². The molecule has 0 spiro atoms. The van der Waals surface area contributed by atoms with Crippen LogP contribution in [0.1, 0.15) is 5.56 Å². The van der Waals surface area contributed by atoms with Crippen LogP contribution in [0.4, 0.5) is 18.3 Å². The summed E-state index contributed by atoms with van der Waals surface area (Å²) in [5.74, 6) is -0.188. The van der Waals surface area contributed by atoms with Gasteiger partial charge in [-0.2, -0.15) is 18.2 Å². The van der Waals surface area contributed by atoms with Crippen LogP contribution in [0, 0.1) is 0 Å². The van der Waals surface area contributed by atoms with Crippen LogP contribution < -0.4 is 11.5 Å². The Morgan fingerprint density at radius 3 is 2.50 bits per heavy atom. The van der Waals surface area contributed by atoms with E-state index in [0.29, 0.717) is 10.6 Å². The standard InChI is InChI=1S/C10H8F3N5S.ClH/c11-10(12,13)6-3-1-2-5(4-6)7-17-18-9(19-7)16-8(14)15;/h1-4H,(H4,14,15,16,18);1H. The quantitative estimate of drug-likeness (QED) is 0.656. The molecule has 0 unspecified atom stereocenters. The summed E-state index contributed by atoms with van der Waals surface area (Å²) in [6, 6.07) is 4.80. The summed E-state index contributed by atoms with van der Waals surface area (Å²) in [6.07, 6.45) is -4.40. The van der Waals surface area contributed by atoms with E-state index >= 15 is 0 Å². The Labute approximate surface area is 121 Å². The van der Waals surface area contributed by atoms with Crippen molar-refractivity contribution in [2.45, 2.75) is 6.18 Å². The molecule has 0 bridgehead atoms. The summed E-state index contributed by atoms with van der Waals surface area (Å²) in [5, 5.41) is 7.91. The minimum atomic E-state index is -4.40. The summed E-state index contributed by atoms with van der Waals surface area (Å²) in [6.45, 7) is 0. The smallest absolute Gasteiger partial charge is 0.370 e. The highest BCUT2D eigenvalue weighted by molar-refractivity contribution is 7.18. The molecule has 1 aromatic heterocycles. The van der Waals surface area contributed by atoms with E-state index in [9.17, 15) is 13.2 Å². The number of rotatable bonds is 2. The van der Waals surface area contributed by atoms with Crippen LogP contribution in [0.5, 0.6) is 0 Å². The maximum atomic E-state index is 12.6. The van der Waals surface area contributed by atoms with Crippen LogP contribution in [0.15, 0.2) is 29.3 Å². The van der Waals surface area contributed by atoms with Crippen molar-refractivity contribution in [2.24, 2.45) is 16.5 Å². The second kappa shape index (κ2) is 6.06. The molecule has 0 aliphatic carbocycles. The van der Waals surface area contributed by atoms with Gasteiger partial charge in [-0.05, 0) is 12.1 Å². The Balaban J connectivity index is 0.00000200. The SMILES string of the molecule is Cl.NC(N)=Nc1nnc(-c2cccc(C(F)(F)F)c2)s1. The van der Waals surface area contributed by atoms with Crippen molar-refractivity contribution in [3.63, 3.8) is 0 Å². The van der Waals surface area contributed by atoms with E-state index in [0.717, 1.165) is 23.5 Å².